The summed E-state index contributed by atoms with van der Waals surface area (Å²) in [4.78, 5) is 2.15. The van der Waals surface area contributed by atoms with Crippen molar-refractivity contribution in [1.82, 2.24) is 4.90 Å². The van der Waals surface area contributed by atoms with Crippen LogP contribution in [0.15, 0.2) is 0 Å². The first-order valence-electron chi connectivity index (χ1n) is 4.70. The molecule has 3 N–H and O–H groups in total. The van der Waals surface area contributed by atoms with Gasteiger partial charge in [0.2, 0.25) is 0 Å². The van der Waals surface area contributed by atoms with E-state index in [1.807, 2.05) is 7.05 Å². The highest BCUT2D eigenvalue weighted by Gasteiger charge is 2.16. The fraction of sp³-hybridized carbons (Fsp3) is 0.889. The largest absolute Gasteiger partial charge is 0.387 e. The Morgan fingerprint density at radius 2 is 2.08 bits per heavy atom. The molecule has 0 saturated heterocycles. The first kappa shape index (κ1) is 9.52. The second kappa shape index (κ2) is 4.45. The molecule has 0 heterocycles. The van der Waals surface area contributed by atoms with Gasteiger partial charge in [0.25, 0.3) is 0 Å². The Hall–Kier alpha value is -0.570. The predicted molar refractivity (Wildman–Crippen MR) is 51.4 cm³/mol. The van der Waals surface area contributed by atoms with E-state index in [-0.39, 0.29) is 5.84 Å². The average Bonchev–Trinajstić information content (AvgIpc) is 2.37. The van der Waals surface area contributed by atoms with Crippen molar-refractivity contribution in [2.75, 3.05) is 20.1 Å². The zero-order valence-corrected chi connectivity index (χ0v) is 7.84. The van der Waals surface area contributed by atoms with Gasteiger partial charge in [-0.1, -0.05) is 12.8 Å². The zero-order valence-electron chi connectivity index (χ0n) is 7.84. The Kier molecular flexibility index (Phi) is 3.53. The summed E-state index contributed by atoms with van der Waals surface area (Å²) in [5.41, 5.74) is 5.31. The fourth-order valence-electron chi connectivity index (χ4n) is 1.99. The van der Waals surface area contributed by atoms with Crippen LogP contribution >= 0.6 is 0 Å². The molecule has 1 aliphatic rings. The van der Waals surface area contributed by atoms with Gasteiger partial charge < -0.3 is 5.73 Å². The van der Waals surface area contributed by atoms with Crippen LogP contribution in [0, 0.1) is 11.3 Å². The molecule has 0 bridgehead atoms. The highest BCUT2D eigenvalue weighted by atomic mass is 15.1. The van der Waals surface area contributed by atoms with Gasteiger partial charge in [-0.25, -0.2) is 0 Å². The Morgan fingerprint density at radius 1 is 1.50 bits per heavy atom. The molecule has 1 fully saturated rings. The SMILES string of the molecule is CN(CC(=N)N)CC1CCCC1. The van der Waals surface area contributed by atoms with Crippen LogP contribution in [0.5, 0.6) is 0 Å². The summed E-state index contributed by atoms with van der Waals surface area (Å²) in [6, 6.07) is 0. The molecule has 3 nitrogen and oxygen atoms in total. The van der Waals surface area contributed by atoms with Gasteiger partial charge in [-0.05, 0) is 25.8 Å². The summed E-state index contributed by atoms with van der Waals surface area (Å²) in [5.74, 6) is 1.13. The number of nitrogens with zero attached hydrogens (tertiary/aromatic N) is 1. The third-order valence-corrected chi connectivity index (χ3v) is 2.48. The first-order valence-corrected chi connectivity index (χ1v) is 4.70. The average molecular weight is 169 g/mol. The van der Waals surface area contributed by atoms with Gasteiger partial charge >= 0.3 is 0 Å². The van der Waals surface area contributed by atoms with Crippen LogP contribution < -0.4 is 5.73 Å². The second-order valence-electron chi connectivity index (χ2n) is 3.87. The third-order valence-electron chi connectivity index (χ3n) is 2.48. The van der Waals surface area contributed by atoms with Crippen LogP contribution in [-0.4, -0.2) is 30.9 Å². The van der Waals surface area contributed by atoms with E-state index >= 15 is 0 Å². The lowest BCUT2D eigenvalue weighted by Crippen LogP contribution is -2.33. The van der Waals surface area contributed by atoms with Crippen LogP contribution in [0.3, 0.4) is 0 Å². The molecular weight excluding hydrogens is 150 g/mol. The fourth-order valence-corrected chi connectivity index (χ4v) is 1.99. The number of amidine groups is 1. The number of rotatable bonds is 4. The van der Waals surface area contributed by atoms with Crippen LogP contribution in [-0.2, 0) is 0 Å². The molecule has 0 atom stereocenters. The molecule has 0 radical (unpaired) electrons. The maximum Gasteiger partial charge on any atom is 0.105 e. The molecule has 0 aromatic rings. The smallest absolute Gasteiger partial charge is 0.105 e. The van der Waals surface area contributed by atoms with Gasteiger partial charge in [-0.2, -0.15) is 0 Å². The number of nitrogens with one attached hydrogen (secondary N) is 1. The van der Waals surface area contributed by atoms with E-state index in [2.05, 4.69) is 4.90 Å². The highest BCUT2D eigenvalue weighted by Crippen LogP contribution is 2.24. The third kappa shape index (κ3) is 3.22. The van der Waals surface area contributed by atoms with Gasteiger partial charge in [0.15, 0.2) is 0 Å². The van der Waals surface area contributed by atoms with Crippen molar-refractivity contribution in [2.24, 2.45) is 11.7 Å². The molecule has 3 heteroatoms. The Bertz CT molecular complexity index is 150. The van der Waals surface area contributed by atoms with Gasteiger partial charge in [0.05, 0.1) is 6.54 Å². The molecular formula is C9H19N3. The molecule has 0 unspecified atom stereocenters. The Labute approximate surface area is 74.4 Å². The topological polar surface area (TPSA) is 53.1 Å². The minimum atomic E-state index is 0.274. The number of hydrogen-bond donors (Lipinski definition) is 2. The van der Waals surface area contributed by atoms with Crippen molar-refractivity contribution < 1.29 is 0 Å². The van der Waals surface area contributed by atoms with Crippen LogP contribution in [0.4, 0.5) is 0 Å². The van der Waals surface area contributed by atoms with Gasteiger partial charge in [0.1, 0.15) is 5.84 Å². The Morgan fingerprint density at radius 3 is 2.58 bits per heavy atom. The van der Waals surface area contributed by atoms with Crippen LogP contribution in [0.1, 0.15) is 25.7 Å². The molecule has 1 rings (SSSR count). The molecule has 1 aliphatic carbocycles. The highest BCUT2D eigenvalue weighted by molar-refractivity contribution is 5.78. The summed E-state index contributed by atoms with van der Waals surface area (Å²) in [6.45, 7) is 1.73. The number of nitrogens with two attached hydrogens (primary N) is 1. The second-order valence-corrected chi connectivity index (χ2v) is 3.87. The summed E-state index contributed by atoms with van der Waals surface area (Å²) in [6.07, 6.45) is 5.50. The lowest BCUT2D eigenvalue weighted by atomic mass is 10.1. The summed E-state index contributed by atoms with van der Waals surface area (Å²) in [5, 5.41) is 7.13. The molecule has 0 spiro atoms. The standard InChI is InChI=1S/C9H19N3/c1-12(7-9(10)11)6-8-4-2-3-5-8/h8H,2-7H2,1H3,(H3,10,11). The van der Waals surface area contributed by atoms with E-state index in [0.29, 0.717) is 6.54 Å². The van der Waals surface area contributed by atoms with Crippen molar-refractivity contribution in [1.29, 1.82) is 5.41 Å². The summed E-state index contributed by atoms with van der Waals surface area (Å²) in [7, 11) is 2.04. The quantitative estimate of drug-likeness (QED) is 0.488. The number of likely N-dealkylation sites (N-methyl/N-ethyl adjacent to an activating group) is 1. The van der Waals surface area contributed by atoms with Crippen molar-refractivity contribution in [3.8, 4) is 0 Å². The van der Waals surface area contributed by atoms with E-state index in [0.717, 1.165) is 12.5 Å². The van der Waals surface area contributed by atoms with E-state index in [1.165, 1.54) is 25.7 Å². The zero-order chi connectivity index (χ0) is 8.97. The van der Waals surface area contributed by atoms with Crippen LogP contribution in [0.2, 0.25) is 0 Å². The van der Waals surface area contributed by atoms with E-state index in [1.54, 1.807) is 0 Å². The maximum atomic E-state index is 7.13. The first-order chi connectivity index (χ1) is 5.68. The molecule has 0 amide bonds. The van der Waals surface area contributed by atoms with Gasteiger partial charge in [0, 0.05) is 6.54 Å². The summed E-state index contributed by atoms with van der Waals surface area (Å²) < 4.78 is 0. The lowest BCUT2D eigenvalue weighted by molar-refractivity contribution is 0.309. The van der Waals surface area contributed by atoms with Gasteiger partial charge in [-0.3, -0.25) is 10.3 Å². The minimum Gasteiger partial charge on any atom is -0.387 e. The molecule has 1 saturated carbocycles. The van der Waals surface area contributed by atoms with Gasteiger partial charge in [-0.15, -0.1) is 0 Å². The van der Waals surface area contributed by atoms with E-state index < -0.39 is 0 Å². The molecule has 12 heavy (non-hydrogen) atoms. The maximum absolute atomic E-state index is 7.13. The monoisotopic (exact) mass is 169 g/mol. The van der Waals surface area contributed by atoms with Crippen LogP contribution in [0.25, 0.3) is 0 Å². The molecule has 0 aliphatic heterocycles. The lowest BCUT2D eigenvalue weighted by Gasteiger charge is -2.19. The summed E-state index contributed by atoms with van der Waals surface area (Å²) >= 11 is 0. The molecule has 70 valence electrons. The van der Waals surface area contributed by atoms with Crippen molar-refractivity contribution in [3.63, 3.8) is 0 Å². The van der Waals surface area contributed by atoms with E-state index in [9.17, 15) is 0 Å². The van der Waals surface area contributed by atoms with Crippen molar-refractivity contribution >= 4 is 5.84 Å². The van der Waals surface area contributed by atoms with Crippen molar-refractivity contribution in [2.45, 2.75) is 25.7 Å². The minimum absolute atomic E-state index is 0.274. The normalized spacial score (nSPS) is 18.8. The van der Waals surface area contributed by atoms with E-state index in [4.69, 9.17) is 11.1 Å². The predicted octanol–water partition coefficient (Wildman–Crippen LogP) is 1.04. The molecule has 0 aromatic carbocycles. The Balaban J connectivity index is 2.16. The number of hydrogen-bond acceptors (Lipinski definition) is 2. The van der Waals surface area contributed by atoms with Crippen molar-refractivity contribution in [3.05, 3.63) is 0 Å². The molecule has 0 aromatic heterocycles.